The first-order valence-electron chi connectivity index (χ1n) is 4.46. The summed E-state index contributed by atoms with van der Waals surface area (Å²) >= 11 is 3.32. The van der Waals surface area contributed by atoms with Gasteiger partial charge in [0.25, 0.3) is 0 Å². The highest BCUT2D eigenvalue weighted by atomic mass is 79.9. The standard InChI is InChI=1S/C11H15BrO/c1-4-11(2,3)8-5-6-10(13)9(12)7-8/h5-7,13H,4H2,1-3H3. The van der Waals surface area contributed by atoms with Crippen molar-refractivity contribution >= 4 is 15.9 Å². The third kappa shape index (κ3) is 2.25. The lowest BCUT2D eigenvalue weighted by Crippen LogP contribution is -2.15. The molecule has 13 heavy (non-hydrogen) atoms. The normalized spacial score (nSPS) is 11.7. The van der Waals surface area contributed by atoms with E-state index < -0.39 is 0 Å². The molecule has 0 heterocycles. The zero-order chi connectivity index (χ0) is 10.1. The highest BCUT2D eigenvalue weighted by Crippen LogP contribution is 2.32. The summed E-state index contributed by atoms with van der Waals surface area (Å²) in [6.45, 7) is 6.57. The third-order valence-electron chi connectivity index (χ3n) is 2.61. The maximum Gasteiger partial charge on any atom is 0.129 e. The smallest absolute Gasteiger partial charge is 0.129 e. The summed E-state index contributed by atoms with van der Waals surface area (Å²) in [7, 11) is 0. The van der Waals surface area contributed by atoms with Crippen molar-refractivity contribution in [3.05, 3.63) is 28.2 Å². The summed E-state index contributed by atoms with van der Waals surface area (Å²) in [5, 5.41) is 9.34. The fourth-order valence-electron chi connectivity index (χ4n) is 1.13. The van der Waals surface area contributed by atoms with Gasteiger partial charge in [-0.15, -0.1) is 0 Å². The Morgan fingerprint density at radius 1 is 1.38 bits per heavy atom. The van der Waals surface area contributed by atoms with Crippen LogP contribution in [0.4, 0.5) is 0 Å². The molecule has 1 nitrogen and oxygen atoms in total. The van der Waals surface area contributed by atoms with Crippen molar-refractivity contribution in [3.63, 3.8) is 0 Å². The zero-order valence-corrected chi connectivity index (χ0v) is 9.85. The number of phenols is 1. The van der Waals surface area contributed by atoms with Crippen LogP contribution in [0.2, 0.25) is 0 Å². The highest BCUT2D eigenvalue weighted by Gasteiger charge is 2.18. The zero-order valence-electron chi connectivity index (χ0n) is 8.26. The second-order valence-electron chi connectivity index (χ2n) is 3.90. The molecule has 1 rings (SSSR count). The summed E-state index contributed by atoms with van der Waals surface area (Å²) in [5.74, 6) is 0.302. The van der Waals surface area contributed by atoms with Crippen LogP contribution in [0.1, 0.15) is 32.8 Å². The van der Waals surface area contributed by atoms with E-state index in [9.17, 15) is 5.11 Å². The molecule has 1 aromatic rings. The molecule has 0 atom stereocenters. The summed E-state index contributed by atoms with van der Waals surface area (Å²) in [4.78, 5) is 0. The molecule has 0 bridgehead atoms. The summed E-state index contributed by atoms with van der Waals surface area (Å²) in [5.41, 5.74) is 1.43. The monoisotopic (exact) mass is 242 g/mol. The second-order valence-corrected chi connectivity index (χ2v) is 4.76. The molecule has 0 aliphatic rings. The SMILES string of the molecule is CCC(C)(C)c1ccc(O)c(Br)c1. The molecule has 72 valence electrons. The minimum atomic E-state index is 0.177. The highest BCUT2D eigenvalue weighted by molar-refractivity contribution is 9.10. The number of halogens is 1. The Labute approximate surface area is 87.9 Å². The van der Waals surface area contributed by atoms with Crippen LogP contribution < -0.4 is 0 Å². The van der Waals surface area contributed by atoms with Gasteiger partial charge in [0.2, 0.25) is 0 Å². The van der Waals surface area contributed by atoms with Crippen LogP contribution in [0.3, 0.4) is 0 Å². The van der Waals surface area contributed by atoms with E-state index in [4.69, 9.17) is 0 Å². The Kier molecular flexibility index (Phi) is 3.01. The first kappa shape index (κ1) is 10.6. The molecule has 0 saturated carbocycles. The predicted octanol–water partition coefficient (Wildman–Crippen LogP) is 3.84. The lowest BCUT2D eigenvalue weighted by molar-refractivity contribution is 0.468. The third-order valence-corrected chi connectivity index (χ3v) is 3.25. The van der Waals surface area contributed by atoms with Gasteiger partial charge in [0.05, 0.1) is 4.47 Å². The molecule has 2 heteroatoms. The Bertz CT molecular complexity index is 305. The molecule has 1 aromatic carbocycles. The van der Waals surface area contributed by atoms with E-state index in [-0.39, 0.29) is 5.41 Å². The van der Waals surface area contributed by atoms with Crippen LogP contribution in [0.25, 0.3) is 0 Å². The number of benzene rings is 1. The average Bonchev–Trinajstić information content (AvgIpc) is 2.09. The number of aromatic hydroxyl groups is 1. The molecular formula is C11H15BrO. The maximum absolute atomic E-state index is 9.34. The number of phenolic OH excluding ortho intramolecular Hbond substituents is 1. The van der Waals surface area contributed by atoms with E-state index in [1.807, 2.05) is 12.1 Å². The summed E-state index contributed by atoms with van der Waals surface area (Å²) in [6, 6.07) is 5.69. The Morgan fingerprint density at radius 3 is 2.46 bits per heavy atom. The van der Waals surface area contributed by atoms with Gasteiger partial charge in [0, 0.05) is 0 Å². The van der Waals surface area contributed by atoms with Crippen molar-refractivity contribution in [2.24, 2.45) is 0 Å². The van der Waals surface area contributed by atoms with Crippen LogP contribution in [-0.2, 0) is 5.41 Å². The first-order valence-corrected chi connectivity index (χ1v) is 5.25. The van der Waals surface area contributed by atoms with Crippen molar-refractivity contribution < 1.29 is 5.11 Å². The van der Waals surface area contributed by atoms with E-state index >= 15 is 0 Å². The van der Waals surface area contributed by atoms with Gasteiger partial charge < -0.3 is 5.11 Å². The lowest BCUT2D eigenvalue weighted by Gasteiger charge is -2.23. The van der Waals surface area contributed by atoms with Crippen molar-refractivity contribution in [1.29, 1.82) is 0 Å². The van der Waals surface area contributed by atoms with E-state index in [0.717, 1.165) is 10.9 Å². The van der Waals surface area contributed by atoms with Crippen molar-refractivity contribution in [2.75, 3.05) is 0 Å². The quantitative estimate of drug-likeness (QED) is 0.836. The van der Waals surface area contributed by atoms with Crippen LogP contribution in [0.5, 0.6) is 5.75 Å². The maximum atomic E-state index is 9.34. The van der Waals surface area contributed by atoms with Crippen LogP contribution in [-0.4, -0.2) is 5.11 Å². The molecular weight excluding hydrogens is 228 g/mol. The van der Waals surface area contributed by atoms with Gasteiger partial charge in [-0.05, 0) is 45.5 Å². The first-order chi connectivity index (χ1) is 5.97. The topological polar surface area (TPSA) is 20.2 Å². The van der Waals surface area contributed by atoms with Gasteiger partial charge in [-0.2, -0.15) is 0 Å². The summed E-state index contributed by atoms with van der Waals surface area (Å²) < 4.78 is 0.770. The Morgan fingerprint density at radius 2 is 2.00 bits per heavy atom. The van der Waals surface area contributed by atoms with E-state index in [1.165, 1.54) is 5.56 Å². The molecule has 0 aliphatic carbocycles. The van der Waals surface area contributed by atoms with E-state index in [2.05, 4.69) is 36.7 Å². The van der Waals surface area contributed by atoms with E-state index in [0.29, 0.717) is 5.75 Å². The molecule has 0 aliphatic heterocycles. The molecule has 1 N–H and O–H groups in total. The minimum Gasteiger partial charge on any atom is -0.507 e. The predicted molar refractivity (Wildman–Crippen MR) is 59.1 cm³/mol. The molecule has 0 aromatic heterocycles. The van der Waals surface area contributed by atoms with Crippen LogP contribution in [0.15, 0.2) is 22.7 Å². The lowest BCUT2D eigenvalue weighted by atomic mass is 9.82. The van der Waals surface area contributed by atoms with Gasteiger partial charge in [-0.1, -0.05) is 26.8 Å². The fourth-order valence-corrected chi connectivity index (χ4v) is 1.51. The molecule has 0 amide bonds. The number of hydrogen-bond donors (Lipinski definition) is 1. The van der Waals surface area contributed by atoms with Gasteiger partial charge in [0.1, 0.15) is 5.75 Å². The van der Waals surface area contributed by atoms with Crippen molar-refractivity contribution in [2.45, 2.75) is 32.6 Å². The van der Waals surface area contributed by atoms with Crippen LogP contribution >= 0.6 is 15.9 Å². The van der Waals surface area contributed by atoms with Gasteiger partial charge in [0.15, 0.2) is 0 Å². The van der Waals surface area contributed by atoms with Crippen molar-refractivity contribution in [3.8, 4) is 5.75 Å². The van der Waals surface area contributed by atoms with E-state index in [1.54, 1.807) is 6.07 Å². The van der Waals surface area contributed by atoms with Gasteiger partial charge >= 0.3 is 0 Å². The molecule has 0 saturated heterocycles. The average molecular weight is 243 g/mol. The van der Waals surface area contributed by atoms with Crippen LogP contribution in [0, 0.1) is 0 Å². The Hall–Kier alpha value is -0.500. The second kappa shape index (κ2) is 3.70. The fraction of sp³-hybridized carbons (Fsp3) is 0.455. The molecule has 0 fully saturated rings. The molecule has 0 spiro atoms. The molecule has 0 radical (unpaired) electrons. The van der Waals surface area contributed by atoms with Gasteiger partial charge in [-0.3, -0.25) is 0 Å². The largest absolute Gasteiger partial charge is 0.507 e. The number of hydrogen-bond acceptors (Lipinski definition) is 1. The van der Waals surface area contributed by atoms with Gasteiger partial charge in [-0.25, -0.2) is 0 Å². The molecule has 0 unspecified atom stereocenters. The summed E-state index contributed by atoms with van der Waals surface area (Å²) in [6.07, 6.45) is 1.09. The van der Waals surface area contributed by atoms with Crippen molar-refractivity contribution in [1.82, 2.24) is 0 Å². The minimum absolute atomic E-state index is 0.177. The number of rotatable bonds is 2. The Balaban J connectivity index is 3.10.